The second-order valence-corrected chi connectivity index (χ2v) is 5.43. The van der Waals surface area contributed by atoms with Crippen molar-refractivity contribution in [2.24, 2.45) is 0 Å². The third-order valence-corrected chi connectivity index (χ3v) is 2.37. The quantitative estimate of drug-likeness (QED) is 0.577. The lowest BCUT2D eigenvalue weighted by Gasteiger charge is -2.19. The molecule has 0 unspecified atom stereocenters. The number of rotatable bonds is 4. The van der Waals surface area contributed by atoms with Crippen LogP contribution in [0.2, 0.25) is 0 Å². The summed E-state index contributed by atoms with van der Waals surface area (Å²) in [5.74, 6) is 0. The van der Waals surface area contributed by atoms with E-state index in [9.17, 15) is 4.79 Å². The second kappa shape index (κ2) is 6.31. The van der Waals surface area contributed by atoms with Crippen LogP contribution in [0.5, 0.6) is 0 Å². The van der Waals surface area contributed by atoms with Crippen molar-refractivity contribution in [2.45, 2.75) is 33.3 Å². The first-order valence-corrected chi connectivity index (χ1v) is 6.35. The van der Waals surface area contributed by atoms with Crippen molar-refractivity contribution in [3.63, 3.8) is 0 Å². The third-order valence-electron chi connectivity index (χ3n) is 2.37. The average Bonchev–Trinajstić information content (AvgIpc) is 2.26. The van der Waals surface area contributed by atoms with Crippen molar-refractivity contribution in [1.29, 1.82) is 0 Å². The zero-order valence-corrected chi connectivity index (χ0v) is 12.0. The van der Waals surface area contributed by atoms with Gasteiger partial charge >= 0.3 is 6.09 Å². The minimum Gasteiger partial charge on any atom is -0.444 e. The number of hydrogen-bond acceptors (Lipinski definition) is 4. The van der Waals surface area contributed by atoms with E-state index in [4.69, 9.17) is 10.5 Å². The number of alkyl carbamates (subject to hydrolysis) is 1. The molecule has 1 aromatic carbocycles. The highest BCUT2D eigenvalue weighted by Gasteiger charge is 2.15. The largest absolute Gasteiger partial charge is 0.444 e. The van der Waals surface area contributed by atoms with Crippen LogP contribution in [0.1, 0.15) is 26.3 Å². The predicted molar refractivity (Wildman–Crippen MR) is 78.3 cm³/mol. The summed E-state index contributed by atoms with van der Waals surface area (Å²) in [6, 6.07) is 5.70. The molecule has 0 aromatic heterocycles. The standard InChI is InChI=1S/C14H23N3O2/c1-10-5-6-11(15)9-12(10)16-7-8-17-13(18)19-14(2,3)4/h5-6,9,16H,7-8,15H2,1-4H3,(H,17,18). The number of nitrogen functional groups attached to an aromatic ring is 1. The fourth-order valence-corrected chi connectivity index (χ4v) is 1.51. The molecule has 0 aliphatic carbocycles. The molecule has 1 amide bonds. The van der Waals surface area contributed by atoms with Crippen molar-refractivity contribution >= 4 is 17.5 Å². The Morgan fingerprint density at radius 3 is 2.63 bits per heavy atom. The van der Waals surface area contributed by atoms with Crippen LogP contribution in [0.15, 0.2) is 18.2 Å². The predicted octanol–water partition coefficient (Wildman–Crippen LogP) is 2.51. The van der Waals surface area contributed by atoms with E-state index in [-0.39, 0.29) is 0 Å². The van der Waals surface area contributed by atoms with Crippen LogP contribution in [0.3, 0.4) is 0 Å². The zero-order chi connectivity index (χ0) is 14.5. The SMILES string of the molecule is Cc1ccc(N)cc1NCCNC(=O)OC(C)(C)C. The number of hydrogen-bond donors (Lipinski definition) is 3. The maximum atomic E-state index is 11.4. The molecule has 106 valence electrons. The summed E-state index contributed by atoms with van der Waals surface area (Å²) in [5, 5.41) is 5.91. The summed E-state index contributed by atoms with van der Waals surface area (Å²) in [4.78, 5) is 11.4. The molecule has 19 heavy (non-hydrogen) atoms. The van der Waals surface area contributed by atoms with E-state index in [0.29, 0.717) is 18.8 Å². The van der Waals surface area contributed by atoms with E-state index < -0.39 is 11.7 Å². The number of nitrogens with two attached hydrogens (primary N) is 1. The highest BCUT2D eigenvalue weighted by atomic mass is 16.6. The Hall–Kier alpha value is -1.91. The highest BCUT2D eigenvalue weighted by molar-refractivity contribution is 5.67. The first-order chi connectivity index (χ1) is 8.78. The molecule has 0 aliphatic heterocycles. The lowest BCUT2D eigenvalue weighted by Crippen LogP contribution is -2.35. The van der Waals surface area contributed by atoms with Gasteiger partial charge in [-0.05, 0) is 45.4 Å². The number of carbonyl (C=O) groups is 1. The third kappa shape index (κ3) is 5.99. The zero-order valence-electron chi connectivity index (χ0n) is 12.0. The minimum absolute atomic E-state index is 0.404. The molecule has 5 nitrogen and oxygen atoms in total. The Kier molecular flexibility index (Phi) is 5.03. The number of nitrogens with one attached hydrogen (secondary N) is 2. The Bertz CT molecular complexity index is 439. The van der Waals surface area contributed by atoms with Crippen molar-refractivity contribution < 1.29 is 9.53 Å². The molecule has 0 aliphatic rings. The van der Waals surface area contributed by atoms with Crippen molar-refractivity contribution in [3.8, 4) is 0 Å². The molecule has 0 spiro atoms. The van der Waals surface area contributed by atoms with Gasteiger partial charge in [0, 0.05) is 24.5 Å². The van der Waals surface area contributed by atoms with Gasteiger partial charge in [0.1, 0.15) is 5.60 Å². The van der Waals surface area contributed by atoms with Crippen molar-refractivity contribution in [2.75, 3.05) is 24.1 Å². The van der Waals surface area contributed by atoms with Gasteiger partial charge in [-0.15, -0.1) is 0 Å². The fourth-order valence-electron chi connectivity index (χ4n) is 1.51. The summed E-state index contributed by atoms with van der Waals surface area (Å²) in [6.45, 7) is 8.61. The molecular weight excluding hydrogens is 242 g/mol. The van der Waals surface area contributed by atoms with Crippen LogP contribution in [-0.2, 0) is 4.74 Å². The molecule has 0 saturated heterocycles. The van der Waals surface area contributed by atoms with Crippen LogP contribution >= 0.6 is 0 Å². The van der Waals surface area contributed by atoms with Gasteiger partial charge < -0.3 is 21.1 Å². The van der Waals surface area contributed by atoms with Crippen molar-refractivity contribution in [1.82, 2.24) is 5.32 Å². The number of ether oxygens (including phenoxy) is 1. The first-order valence-electron chi connectivity index (χ1n) is 6.35. The fraction of sp³-hybridized carbons (Fsp3) is 0.500. The van der Waals surface area contributed by atoms with Gasteiger partial charge in [-0.25, -0.2) is 4.79 Å². The van der Waals surface area contributed by atoms with Gasteiger partial charge in [-0.1, -0.05) is 6.07 Å². The summed E-state index contributed by atoms with van der Waals surface area (Å²) in [6.07, 6.45) is -0.404. The lowest BCUT2D eigenvalue weighted by atomic mass is 10.2. The summed E-state index contributed by atoms with van der Waals surface area (Å²) in [7, 11) is 0. The lowest BCUT2D eigenvalue weighted by molar-refractivity contribution is 0.0530. The van der Waals surface area contributed by atoms with Gasteiger partial charge in [0.2, 0.25) is 0 Å². The molecule has 5 heteroatoms. The second-order valence-electron chi connectivity index (χ2n) is 5.43. The molecule has 0 bridgehead atoms. The minimum atomic E-state index is -0.470. The van der Waals surface area contributed by atoms with Gasteiger partial charge in [0.15, 0.2) is 0 Å². The van der Waals surface area contributed by atoms with Gasteiger partial charge in [-0.3, -0.25) is 0 Å². The highest BCUT2D eigenvalue weighted by Crippen LogP contribution is 2.17. The molecule has 1 aromatic rings. The van der Waals surface area contributed by atoms with E-state index >= 15 is 0 Å². The van der Waals surface area contributed by atoms with E-state index in [2.05, 4.69) is 10.6 Å². The molecule has 0 atom stereocenters. The Morgan fingerprint density at radius 1 is 1.32 bits per heavy atom. The maximum Gasteiger partial charge on any atom is 0.407 e. The van der Waals surface area contributed by atoms with Crippen LogP contribution < -0.4 is 16.4 Å². The first kappa shape index (κ1) is 15.1. The Balaban J connectivity index is 2.31. The molecule has 0 heterocycles. The monoisotopic (exact) mass is 265 g/mol. The van der Waals surface area contributed by atoms with Crippen LogP contribution in [-0.4, -0.2) is 24.8 Å². The van der Waals surface area contributed by atoms with Crippen LogP contribution in [0.25, 0.3) is 0 Å². The Morgan fingerprint density at radius 2 is 2.00 bits per heavy atom. The number of benzene rings is 1. The van der Waals surface area contributed by atoms with Gasteiger partial charge in [0.05, 0.1) is 0 Å². The summed E-state index contributed by atoms with van der Waals surface area (Å²) >= 11 is 0. The van der Waals surface area contributed by atoms with E-state index in [0.717, 1.165) is 11.3 Å². The number of amides is 1. The molecular formula is C14H23N3O2. The average molecular weight is 265 g/mol. The molecule has 0 fully saturated rings. The van der Waals surface area contributed by atoms with Crippen molar-refractivity contribution in [3.05, 3.63) is 23.8 Å². The molecule has 0 saturated carbocycles. The number of anilines is 2. The van der Waals surface area contributed by atoms with Gasteiger partial charge in [-0.2, -0.15) is 0 Å². The van der Waals surface area contributed by atoms with Gasteiger partial charge in [0.25, 0.3) is 0 Å². The van der Waals surface area contributed by atoms with Crippen LogP contribution in [0, 0.1) is 6.92 Å². The van der Waals surface area contributed by atoms with Crippen LogP contribution in [0.4, 0.5) is 16.2 Å². The summed E-state index contributed by atoms with van der Waals surface area (Å²) in [5.41, 5.74) is 8.06. The van der Waals surface area contributed by atoms with E-state index in [1.165, 1.54) is 0 Å². The van der Waals surface area contributed by atoms with E-state index in [1.807, 2.05) is 45.9 Å². The normalized spacial score (nSPS) is 10.9. The number of carbonyl (C=O) groups excluding carboxylic acids is 1. The summed E-state index contributed by atoms with van der Waals surface area (Å²) < 4.78 is 5.14. The molecule has 0 radical (unpaired) electrons. The topological polar surface area (TPSA) is 76.4 Å². The smallest absolute Gasteiger partial charge is 0.407 e. The Labute approximate surface area is 114 Å². The maximum absolute atomic E-state index is 11.4. The number of aryl methyl sites for hydroxylation is 1. The van der Waals surface area contributed by atoms with E-state index in [1.54, 1.807) is 0 Å². The molecule has 1 rings (SSSR count). The molecule has 4 N–H and O–H groups in total.